The lowest BCUT2D eigenvalue weighted by Gasteiger charge is -2.71. The summed E-state index contributed by atoms with van der Waals surface area (Å²) in [5, 5.41) is 32.2. The zero-order chi connectivity index (χ0) is 25.1. The van der Waals surface area contributed by atoms with Crippen molar-refractivity contribution in [2.24, 2.45) is 50.2 Å². The van der Waals surface area contributed by atoms with Crippen LogP contribution in [0.3, 0.4) is 0 Å². The molecule has 0 aromatic carbocycles. The van der Waals surface area contributed by atoms with Gasteiger partial charge in [0.2, 0.25) is 0 Å². The fourth-order valence-electron chi connectivity index (χ4n) is 10.6. The Morgan fingerprint density at radius 2 is 1.50 bits per heavy atom. The molecule has 5 aliphatic rings. The third kappa shape index (κ3) is 2.82. The van der Waals surface area contributed by atoms with E-state index in [1.54, 1.807) is 0 Å². The molecule has 5 rings (SSSR count). The van der Waals surface area contributed by atoms with E-state index in [2.05, 4.69) is 47.6 Å². The second-order valence-corrected chi connectivity index (χ2v) is 15.0. The van der Waals surface area contributed by atoms with Gasteiger partial charge in [-0.25, -0.2) is 0 Å². The lowest BCUT2D eigenvalue weighted by molar-refractivity contribution is -0.208. The van der Waals surface area contributed by atoms with Crippen LogP contribution in [0.15, 0.2) is 11.6 Å². The van der Waals surface area contributed by atoms with E-state index in [9.17, 15) is 20.1 Å². The number of rotatable bonds is 1. The SMILES string of the molecule is CC1(C(=O)O)C[C@@H]2C3=CC[C@@H]4[C@@]5(C)CC[C@H](O)C(C)(C)C5CC[C@@]4(C)[C@]3(C)CC[C@@]2(C)[C@@H](O)C1. The first-order valence-electron chi connectivity index (χ1n) is 13.9. The Hall–Kier alpha value is -0.870. The van der Waals surface area contributed by atoms with E-state index in [0.717, 1.165) is 38.5 Å². The molecule has 4 nitrogen and oxygen atoms in total. The number of allylic oxidation sites excluding steroid dienone is 2. The van der Waals surface area contributed by atoms with E-state index in [1.165, 1.54) is 12.0 Å². The molecule has 10 atom stereocenters. The minimum Gasteiger partial charge on any atom is -0.481 e. The molecule has 0 aliphatic heterocycles. The Morgan fingerprint density at radius 3 is 2.15 bits per heavy atom. The quantitative estimate of drug-likeness (QED) is 0.397. The Balaban J connectivity index is 1.59. The molecule has 0 spiro atoms. The monoisotopic (exact) mass is 472 g/mol. The first kappa shape index (κ1) is 24.8. The number of carbonyl (C=O) groups is 1. The fraction of sp³-hybridized carbons (Fsp3) is 0.900. The molecule has 0 saturated heterocycles. The third-order valence-electron chi connectivity index (χ3n) is 13.4. The number of carboxylic acid groups (broad SMARTS) is 1. The third-order valence-corrected chi connectivity index (χ3v) is 13.4. The fourth-order valence-corrected chi connectivity index (χ4v) is 10.6. The molecule has 4 fully saturated rings. The van der Waals surface area contributed by atoms with Crippen LogP contribution >= 0.6 is 0 Å². The van der Waals surface area contributed by atoms with Gasteiger partial charge in [0, 0.05) is 5.41 Å². The van der Waals surface area contributed by atoms with Gasteiger partial charge in [-0.2, -0.15) is 0 Å². The van der Waals surface area contributed by atoms with Gasteiger partial charge in [-0.3, -0.25) is 4.79 Å². The average Bonchev–Trinajstić information content (AvgIpc) is 2.73. The maximum atomic E-state index is 12.3. The molecule has 0 aromatic heterocycles. The summed E-state index contributed by atoms with van der Waals surface area (Å²) in [6.45, 7) is 16.2. The first-order chi connectivity index (χ1) is 15.6. The van der Waals surface area contributed by atoms with Crippen molar-refractivity contribution in [2.75, 3.05) is 0 Å². The van der Waals surface area contributed by atoms with Crippen LogP contribution in [0.4, 0.5) is 0 Å². The van der Waals surface area contributed by atoms with Crippen molar-refractivity contribution in [2.45, 2.75) is 118 Å². The lowest BCUT2D eigenvalue weighted by Crippen LogP contribution is -2.65. The van der Waals surface area contributed by atoms with E-state index >= 15 is 0 Å². The van der Waals surface area contributed by atoms with Crippen molar-refractivity contribution in [3.05, 3.63) is 11.6 Å². The summed E-state index contributed by atoms with van der Waals surface area (Å²) in [5.74, 6) is 0.463. The minimum absolute atomic E-state index is 0.0325. The molecule has 4 heteroatoms. The van der Waals surface area contributed by atoms with Gasteiger partial charge in [-0.15, -0.1) is 0 Å². The second kappa shape index (κ2) is 7.12. The predicted octanol–water partition coefficient (Wildman–Crippen LogP) is 6.20. The standard InChI is InChI=1S/C30H48O4/c1-25(2)20-10-13-30(7)21(28(20,5)12-11-22(25)31)9-8-18-19-16-26(3,24(33)34)17-23(32)27(19,4)14-15-29(18,30)6/h8,19-23,31-32H,9-17H2,1-7H3,(H,33,34)/t19-,20?,21-,22+,23+,26?,27-,28+,29-,30-/m1/s1. The molecule has 0 radical (unpaired) electrons. The molecule has 0 aromatic rings. The molecule has 2 unspecified atom stereocenters. The number of aliphatic hydroxyl groups is 2. The van der Waals surface area contributed by atoms with Crippen molar-refractivity contribution >= 4 is 5.97 Å². The highest BCUT2D eigenvalue weighted by Crippen LogP contribution is 2.75. The minimum atomic E-state index is -0.867. The smallest absolute Gasteiger partial charge is 0.309 e. The molecule has 0 amide bonds. The van der Waals surface area contributed by atoms with Crippen LogP contribution < -0.4 is 0 Å². The van der Waals surface area contributed by atoms with Crippen molar-refractivity contribution in [1.29, 1.82) is 0 Å². The van der Waals surface area contributed by atoms with E-state index < -0.39 is 17.5 Å². The Morgan fingerprint density at radius 1 is 0.824 bits per heavy atom. The van der Waals surface area contributed by atoms with Crippen LogP contribution in [0, 0.1) is 50.2 Å². The number of fused-ring (bicyclic) bond motifs is 7. The summed E-state index contributed by atoms with van der Waals surface area (Å²) in [6, 6.07) is 0. The van der Waals surface area contributed by atoms with Gasteiger partial charge in [0.25, 0.3) is 0 Å². The molecule has 0 heterocycles. The topological polar surface area (TPSA) is 77.8 Å². The number of hydrogen-bond donors (Lipinski definition) is 3. The van der Waals surface area contributed by atoms with Gasteiger partial charge in [0.15, 0.2) is 0 Å². The highest BCUT2D eigenvalue weighted by molar-refractivity contribution is 5.74. The van der Waals surface area contributed by atoms with E-state index in [4.69, 9.17) is 0 Å². The summed E-state index contributed by atoms with van der Waals surface area (Å²) >= 11 is 0. The summed E-state index contributed by atoms with van der Waals surface area (Å²) < 4.78 is 0. The van der Waals surface area contributed by atoms with Crippen LogP contribution in [-0.4, -0.2) is 33.5 Å². The van der Waals surface area contributed by atoms with Crippen molar-refractivity contribution in [3.8, 4) is 0 Å². The zero-order valence-corrected chi connectivity index (χ0v) is 22.6. The molecular weight excluding hydrogens is 424 g/mol. The first-order valence-corrected chi connectivity index (χ1v) is 13.9. The maximum absolute atomic E-state index is 12.3. The van der Waals surface area contributed by atoms with Crippen LogP contribution in [0.2, 0.25) is 0 Å². The molecule has 3 N–H and O–H groups in total. The van der Waals surface area contributed by atoms with E-state index in [1.807, 2.05) is 6.92 Å². The average molecular weight is 473 g/mol. The second-order valence-electron chi connectivity index (χ2n) is 15.0. The Kier molecular flexibility index (Phi) is 5.20. The largest absolute Gasteiger partial charge is 0.481 e. The zero-order valence-electron chi connectivity index (χ0n) is 22.6. The number of aliphatic carboxylic acids is 1. The molecular formula is C30H48O4. The van der Waals surface area contributed by atoms with Crippen molar-refractivity contribution in [1.82, 2.24) is 0 Å². The Bertz CT molecular complexity index is 923. The van der Waals surface area contributed by atoms with Gasteiger partial charge >= 0.3 is 5.97 Å². The number of hydrogen-bond acceptors (Lipinski definition) is 3. The van der Waals surface area contributed by atoms with Gasteiger partial charge < -0.3 is 15.3 Å². The number of carboxylic acids is 1. The Labute approximate surface area is 206 Å². The van der Waals surface area contributed by atoms with Gasteiger partial charge in [0.1, 0.15) is 0 Å². The lowest BCUT2D eigenvalue weighted by atomic mass is 9.33. The summed E-state index contributed by atoms with van der Waals surface area (Å²) in [4.78, 5) is 12.3. The summed E-state index contributed by atoms with van der Waals surface area (Å²) in [6.07, 6.45) is 10.1. The maximum Gasteiger partial charge on any atom is 0.309 e. The van der Waals surface area contributed by atoms with Crippen molar-refractivity contribution in [3.63, 3.8) is 0 Å². The highest BCUT2D eigenvalue weighted by Gasteiger charge is 2.69. The molecule has 4 saturated carbocycles. The molecule has 5 aliphatic carbocycles. The highest BCUT2D eigenvalue weighted by atomic mass is 16.4. The normalized spacial score (nSPS) is 56.3. The van der Waals surface area contributed by atoms with Gasteiger partial charge in [0.05, 0.1) is 17.6 Å². The van der Waals surface area contributed by atoms with Crippen LogP contribution in [-0.2, 0) is 4.79 Å². The summed E-state index contributed by atoms with van der Waals surface area (Å²) in [5.41, 5.74) is 0.706. The number of aliphatic hydroxyl groups excluding tert-OH is 2. The van der Waals surface area contributed by atoms with E-state index in [-0.39, 0.29) is 39.1 Å². The predicted molar refractivity (Wildman–Crippen MR) is 134 cm³/mol. The van der Waals surface area contributed by atoms with Crippen LogP contribution in [0.25, 0.3) is 0 Å². The van der Waals surface area contributed by atoms with Crippen molar-refractivity contribution < 1.29 is 20.1 Å². The van der Waals surface area contributed by atoms with Crippen LogP contribution in [0.5, 0.6) is 0 Å². The molecule has 0 bridgehead atoms. The van der Waals surface area contributed by atoms with Crippen LogP contribution in [0.1, 0.15) is 106 Å². The molecule has 192 valence electrons. The molecule has 34 heavy (non-hydrogen) atoms. The summed E-state index contributed by atoms with van der Waals surface area (Å²) in [7, 11) is 0. The van der Waals surface area contributed by atoms with E-state index in [0.29, 0.717) is 24.7 Å². The van der Waals surface area contributed by atoms with Gasteiger partial charge in [-0.1, -0.05) is 53.2 Å². The van der Waals surface area contributed by atoms with Gasteiger partial charge in [-0.05, 0) is 104 Å².